The number of carbonyl (C=O) groups is 1. The molecule has 3 saturated carbocycles. The normalized spacial score (nSPS) is 39.3. The van der Waals surface area contributed by atoms with Crippen molar-refractivity contribution in [1.82, 2.24) is 4.90 Å². The van der Waals surface area contributed by atoms with Crippen LogP contribution in [0.2, 0.25) is 0 Å². The fourth-order valence-electron chi connectivity index (χ4n) is 4.67. The molecule has 0 aromatic carbocycles. The summed E-state index contributed by atoms with van der Waals surface area (Å²) >= 11 is 1.78. The van der Waals surface area contributed by atoms with Gasteiger partial charge in [0.15, 0.2) is 5.17 Å². The zero-order valence-electron chi connectivity index (χ0n) is 11.6. The highest BCUT2D eigenvalue weighted by molar-refractivity contribution is 8.16. The van der Waals surface area contributed by atoms with Gasteiger partial charge < -0.3 is 4.90 Å². The van der Waals surface area contributed by atoms with E-state index in [4.69, 9.17) is 0 Å². The molecule has 1 aliphatic heterocycles. The molecule has 2 bridgehead atoms. The van der Waals surface area contributed by atoms with E-state index in [-0.39, 0.29) is 10.7 Å². The summed E-state index contributed by atoms with van der Waals surface area (Å²) in [6.45, 7) is 0. The SMILES string of the molecule is CN(C1=NC(=O)C2(CCCC2)S1)[C@H]1C[C@@H]2CC[C@H]1C2. The summed E-state index contributed by atoms with van der Waals surface area (Å²) in [6, 6.07) is 0.648. The Morgan fingerprint density at radius 3 is 2.68 bits per heavy atom. The molecule has 4 rings (SSSR count). The Kier molecular flexibility index (Phi) is 2.73. The van der Waals surface area contributed by atoms with Crippen molar-refractivity contribution in [3.05, 3.63) is 0 Å². The van der Waals surface area contributed by atoms with Gasteiger partial charge in [0.1, 0.15) is 4.75 Å². The van der Waals surface area contributed by atoms with Gasteiger partial charge in [-0.15, -0.1) is 0 Å². The first-order valence-electron chi connectivity index (χ1n) is 7.73. The summed E-state index contributed by atoms with van der Waals surface area (Å²) < 4.78 is -0.165. The van der Waals surface area contributed by atoms with Gasteiger partial charge in [0.25, 0.3) is 5.91 Å². The smallest absolute Gasteiger partial charge is 0.264 e. The molecule has 0 aromatic heterocycles. The highest BCUT2D eigenvalue weighted by Gasteiger charge is 2.50. The van der Waals surface area contributed by atoms with Crippen molar-refractivity contribution < 1.29 is 4.79 Å². The average Bonchev–Trinajstić information content (AvgIpc) is 3.16. The molecule has 3 nitrogen and oxygen atoms in total. The van der Waals surface area contributed by atoms with E-state index in [1.54, 1.807) is 11.8 Å². The lowest BCUT2D eigenvalue weighted by atomic mass is 9.95. The molecule has 3 aliphatic carbocycles. The zero-order chi connectivity index (χ0) is 13.0. The molecule has 0 radical (unpaired) electrons. The maximum absolute atomic E-state index is 12.3. The minimum absolute atomic E-state index is 0.153. The Labute approximate surface area is 119 Å². The third-order valence-electron chi connectivity index (χ3n) is 5.78. The van der Waals surface area contributed by atoms with Crippen LogP contribution in [0.25, 0.3) is 0 Å². The van der Waals surface area contributed by atoms with E-state index in [1.165, 1.54) is 38.5 Å². The van der Waals surface area contributed by atoms with Gasteiger partial charge in [-0.05, 0) is 43.9 Å². The van der Waals surface area contributed by atoms with Gasteiger partial charge >= 0.3 is 0 Å². The van der Waals surface area contributed by atoms with Crippen LogP contribution in [0.5, 0.6) is 0 Å². The second-order valence-electron chi connectivity index (χ2n) is 6.86. The maximum atomic E-state index is 12.3. The van der Waals surface area contributed by atoms with Crippen LogP contribution in [0.1, 0.15) is 51.4 Å². The highest BCUT2D eigenvalue weighted by atomic mass is 32.2. The number of fused-ring (bicyclic) bond motifs is 2. The van der Waals surface area contributed by atoms with E-state index < -0.39 is 0 Å². The van der Waals surface area contributed by atoms with Crippen LogP contribution in [0.15, 0.2) is 4.99 Å². The number of nitrogens with zero attached hydrogens (tertiary/aromatic N) is 2. The highest BCUT2D eigenvalue weighted by Crippen LogP contribution is 2.50. The summed E-state index contributed by atoms with van der Waals surface area (Å²) in [6.07, 6.45) is 10.0. The minimum atomic E-state index is -0.165. The lowest BCUT2D eigenvalue weighted by Gasteiger charge is -2.33. The van der Waals surface area contributed by atoms with Crippen molar-refractivity contribution in [3.8, 4) is 0 Å². The molecule has 104 valence electrons. The van der Waals surface area contributed by atoms with Crippen molar-refractivity contribution >= 4 is 22.8 Å². The van der Waals surface area contributed by atoms with Crippen molar-refractivity contribution in [2.75, 3.05) is 7.05 Å². The summed E-state index contributed by atoms with van der Waals surface area (Å²) in [5.74, 6) is 1.95. The molecule has 1 amide bonds. The molecule has 3 atom stereocenters. The van der Waals surface area contributed by atoms with E-state index in [0.717, 1.165) is 29.8 Å². The number of hydrogen-bond acceptors (Lipinski definition) is 3. The maximum Gasteiger partial charge on any atom is 0.264 e. The Morgan fingerprint density at radius 1 is 1.26 bits per heavy atom. The quantitative estimate of drug-likeness (QED) is 0.739. The zero-order valence-corrected chi connectivity index (χ0v) is 12.4. The summed E-state index contributed by atoms with van der Waals surface area (Å²) in [5.41, 5.74) is 0. The van der Waals surface area contributed by atoms with Gasteiger partial charge in [0, 0.05) is 13.1 Å². The summed E-state index contributed by atoms with van der Waals surface area (Å²) in [5, 5.41) is 1.02. The van der Waals surface area contributed by atoms with Gasteiger partial charge in [0.05, 0.1) is 0 Å². The topological polar surface area (TPSA) is 32.7 Å². The number of aliphatic imine (C=N–C) groups is 1. The van der Waals surface area contributed by atoms with Crippen LogP contribution >= 0.6 is 11.8 Å². The lowest BCUT2D eigenvalue weighted by molar-refractivity contribution is -0.119. The molecule has 3 fully saturated rings. The van der Waals surface area contributed by atoms with Crippen molar-refractivity contribution in [1.29, 1.82) is 0 Å². The molecule has 4 aliphatic rings. The fourth-order valence-corrected chi connectivity index (χ4v) is 6.05. The first kappa shape index (κ1) is 12.2. The third-order valence-corrected chi connectivity index (χ3v) is 7.32. The van der Waals surface area contributed by atoms with Gasteiger partial charge in [-0.3, -0.25) is 4.79 Å². The van der Waals surface area contributed by atoms with Crippen molar-refractivity contribution in [2.45, 2.75) is 62.2 Å². The van der Waals surface area contributed by atoms with E-state index in [1.807, 2.05) is 0 Å². The molecular formula is C15H22N2OS. The number of amides is 1. The fraction of sp³-hybridized carbons (Fsp3) is 0.867. The molecule has 0 N–H and O–H groups in total. The molecule has 1 heterocycles. The van der Waals surface area contributed by atoms with Gasteiger partial charge in [0.2, 0.25) is 0 Å². The Balaban J connectivity index is 1.51. The summed E-state index contributed by atoms with van der Waals surface area (Å²) in [7, 11) is 2.17. The molecular weight excluding hydrogens is 256 g/mol. The van der Waals surface area contributed by atoms with Crippen LogP contribution in [-0.2, 0) is 4.79 Å². The number of amidine groups is 1. The van der Waals surface area contributed by atoms with Crippen LogP contribution in [-0.4, -0.2) is 33.8 Å². The number of thioether (sulfide) groups is 1. The lowest BCUT2D eigenvalue weighted by Crippen LogP contribution is -2.39. The predicted molar refractivity (Wildman–Crippen MR) is 78.2 cm³/mol. The molecule has 19 heavy (non-hydrogen) atoms. The third kappa shape index (κ3) is 1.78. The second-order valence-corrected chi connectivity index (χ2v) is 8.21. The Bertz CT molecular complexity index is 441. The molecule has 0 unspecified atom stereocenters. The first-order valence-corrected chi connectivity index (χ1v) is 8.55. The van der Waals surface area contributed by atoms with Gasteiger partial charge in [-0.2, -0.15) is 4.99 Å². The van der Waals surface area contributed by atoms with E-state index in [0.29, 0.717) is 6.04 Å². The Morgan fingerprint density at radius 2 is 2.05 bits per heavy atom. The van der Waals surface area contributed by atoms with Crippen LogP contribution in [0.4, 0.5) is 0 Å². The number of hydrogen-bond donors (Lipinski definition) is 0. The van der Waals surface area contributed by atoms with Crippen molar-refractivity contribution in [2.24, 2.45) is 16.8 Å². The molecule has 1 spiro atoms. The largest absolute Gasteiger partial charge is 0.351 e. The van der Waals surface area contributed by atoms with Crippen LogP contribution in [0, 0.1) is 11.8 Å². The first-order chi connectivity index (χ1) is 9.18. The standard InChI is InChI=1S/C15H22N2OS/c1-17(12-9-10-4-5-11(12)8-10)14-16-13(18)15(19-14)6-2-3-7-15/h10-12H,2-9H2,1H3/t10-,11+,12+/m1/s1. The minimum Gasteiger partial charge on any atom is -0.351 e. The number of rotatable bonds is 1. The molecule has 0 aromatic rings. The van der Waals surface area contributed by atoms with E-state index in [9.17, 15) is 4.79 Å². The van der Waals surface area contributed by atoms with Gasteiger partial charge in [-0.1, -0.05) is 31.0 Å². The summed E-state index contributed by atoms with van der Waals surface area (Å²) in [4.78, 5) is 19.0. The van der Waals surface area contributed by atoms with E-state index in [2.05, 4.69) is 16.9 Å². The predicted octanol–water partition coefficient (Wildman–Crippen LogP) is 3.05. The van der Waals surface area contributed by atoms with Crippen LogP contribution < -0.4 is 0 Å². The van der Waals surface area contributed by atoms with Crippen molar-refractivity contribution in [3.63, 3.8) is 0 Å². The number of carbonyl (C=O) groups excluding carboxylic acids is 1. The van der Waals surface area contributed by atoms with Crippen LogP contribution in [0.3, 0.4) is 0 Å². The van der Waals surface area contributed by atoms with E-state index >= 15 is 0 Å². The average molecular weight is 278 g/mol. The monoisotopic (exact) mass is 278 g/mol. The Hall–Kier alpha value is -0.510. The molecule has 4 heteroatoms. The second kappa shape index (κ2) is 4.24. The molecule has 0 saturated heterocycles. The van der Waals surface area contributed by atoms with Gasteiger partial charge in [-0.25, -0.2) is 0 Å².